The highest BCUT2D eigenvalue weighted by Crippen LogP contribution is 2.18. The number of amides is 1. The average Bonchev–Trinajstić information content (AvgIpc) is 2.99. The van der Waals surface area contributed by atoms with E-state index >= 15 is 0 Å². The number of aryl methyl sites for hydroxylation is 1. The summed E-state index contributed by atoms with van der Waals surface area (Å²) < 4.78 is 0. The number of unbranched alkanes of at least 4 members (excludes halogenated alkanes) is 1. The Kier molecular flexibility index (Phi) is 5.97. The topological polar surface area (TPSA) is 61.7 Å². The van der Waals surface area contributed by atoms with Gasteiger partial charge in [0.05, 0.1) is 11.4 Å². The summed E-state index contributed by atoms with van der Waals surface area (Å²) in [5.74, 6) is -0.527. The molecule has 0 radical (unpaired) electrons. The fourth-order valence-electron chi connectivity index (χ4n) is 3.36. The standard InChI is InChI=1S/C22H24N2O2/c1-16-19(20-8-4-5-9-21(20)23-16)7-3-2-6-17-10-12-18(13-11-17)14-15-22(25)24-26/h4-5,8-16,26H,2-3,6-7H2,1H3,(H,24,25)/b15-14+. The van der Waals surface area contributed by atoms with Crippen molar-refractivity contribution in [3.63, 3.8) is 0 Å². The minimum absolute atomic E-state index is 0.301. The first-order valence-corrected chi connectivity index (χ1v) is 9.04. The Hall–Kier alpha value is -2.72. The van der Waals surface area contributed by atoms with Crippen LogP contribution in [0.25, 0.3) is 11.6 Å². The van der Waals surface area contributed by atoms with E-state index in [9.17, 15) is 4.79 Å². The van der Waals surface area contributed by atoms with Gasteiger partial charge in [-0.3, -0.25) is 15.0 Å². The van der Waals surface area contributed by atoms with Crippen molar-refractivity contribution in [2.24, 2.45) is 4.99 Å². The molecule has 0 aromatic heterocycles. The smallest absolute Gasteiger partial charge is 0.267 e. The van der Waals surface area contributed by atoms with Gasteiger partial charge in [0.25, 0.3) is 5.91 Å². The van der Waals surface area contributed by atoms with E-state index in [4.69, 9.17) is 10.2 Å². The van der Waals surface area contributed by atoms with Gasteiger partial charge in [0, 0.05) is 11.3 Å². The first-order valence-electron chi connectivity index (χ1n) is 9.04. The summed E-state index contributed by atoms with van der Waals surface area (Å²) in [5, 5.41) is 10.9. The zero-order valence-corrected chi connectivity index (χ0v) is 15.0. The Morgan fingerprint density at radius 1 is 1.12 bits per heavy atom. The van der Waals surface area contributed by atoms with E-state index in [1.165, 1.54) is 22.4 Å². The molecule has 2 aromatic carbocycles. The molecule has 3 rings (SSSR count). The van der Waals surface area contributed by atoms with Crippen LogP contribution >= 0.6 is 0 Å². The number of hydrogen-bond donors (Lipinski definition) is 2. The molecule has 0 bridgehead atoms. The number of rotatable bonds is 7. The predicted molar refractivity (Wildman–Crippen MR) is 103 cm³/mol. The van der Waals surface area contributed by atoms with E-state index in [2.05, 4.69) is 37.3 Å². The summed E-state index contributed by atoms with van der Waals surface area (Å²) in [4.78, 5) is 15.7. The van der Waals surface area contributed by atoms with E-state index in [0.29, 0.717) is 6.04 Å². The number of para-hydroxylation sites is 1. The van der Waals surface area contributed by atoms with E-state index in [1.54, 1.807) is 11.6 Å². The van der Waals surface area contributed by atoms with Crippen molar-refractivity contribution in [3.05, 3.63) is 76.3 Å². The van der Waals surface area contributed by atoms with Crippen LogP contribution in [0, 0.1) is 0 Å². The minimum atomic E-state index is -0.527. The number of hydroxylamine groups is 1. The molecule has 1 amide bonds. The summed E-state index contributed by atoms with van der Waals surface area (Å²) in [6.45, 7) is 2.18. The van der Waals surface area contributed by atoms with Crippen LogP contribution in [0.15, 0.2) is 59.6 Å². The number of nitrogens with zero attached hydrogens (tertiary/aromatic N) is 1. The normalized spacial score (nSPS) is 15.8. The number of hydrogen-bond acceptors (Lipinski definition) is 3. The van der Waals surface area contributed by atoms with Gasteiger partial charge in [-0.1, -0.05) is 42.5 Å². The van der Waals surface area contributed by atoms with E-state index in [0.717, 1.165) is 36.6 Å². The second-order valence-electron chi connectivity index (χ2n) is 6.61. The quantitative estimate of drug-likeness (QED) is 0.350. The summed E-state index contributed by atoms with van der Waals surface area (Å²) in [7, 11) is 0. The minimum Gasteiger partial charge on any atom is -0.288 e. The van der Waals surface area contributed by atoms with Gasteiger partial charge in [-0.2, -0.15) is 0 Å². The van der Waals surface area contributed by atoms with Crippen LogP contribution in [-0.2, 0) is 11.2 Å². The fraction of sp³-hybridized carbons (Fsp3) is 0.273. The molecule has 2 N–H and O–H groups in total. The number of carbonyl (C=O) groups is 1. The molecule has 1 aliphatic heterocycles. The molecule has 1 heterocycles. The van der Waals surface area contributed by atoms with Gasteiger partial charge in [-0.05, 0) is 61.4 Å². The largest absolute Gasteiger partial charge is 0.288 e. The Morgan fingerprint density at radius 2 is 1.85 bits per heavy atom. The molecule has 4 nitrogen and oxygen atoms in total. The number of nitrogens with one attached hydrogen (secondary N) is 1. The second kappa shape index (κ2) is 8.59. The SMILES string of the molecule is CC1N=c2ccccc2=C1CCCCc1ccc(/C=C/C(=O)NO)cc1. The lowest BCUT2D eigenvalue weighted by Crippen LogP contribution is -2.22. The summed E-state index contributed by atoms with van der Waals surface area (Å²) in [6.07, 6.45) is 7.41. The third-order valence-electron chi connectivity index (χ3n) is 4.77. The first-order chi connectivity index (χ1) is 12.7. The lowest BCUT2D eigenvalue weighted by Gasteiger charge is -2.08. The molecule has 0 fully saturated rings. The number of benzene rings is 2. The summed E-state index contributed by atoms with van der Waals surface area (Å²) >= 11 is 0. The van der Waals surface area contributed by atoms with Gasteiger partial charge in [0.1, 0.15) is 0 Å². The maximum Gasteiger partial charge on any atom is 0.267 e. The summed E-state index contributed by atoms with van der Waals surface area (Å²) in [5.41, 5.74) is 5.27. The van der Waals surface area contributed by atoms with Gasteiger partial charge < -0.3 is 0 Å². The Bertz CT molecular complexity index is 914. The van der Waals surface area contributed by atoms with Crippen LogP contribution in [0.5, 0.6) is 0 Å². The highest BCUT2D eigenvalue weighted by molar-refractivity contribution is 5.90. The zero-order valence-electron chi connectivity index (χ0n) is 15.0. The average molecular weight is 348 g/mol. The lowest BCUT2D eigenvalue weighted by molar-refractivity contribution is -0.124. The molecular formula is C22H24N2O2. The second-order valence-corrected chi connectivity index (χ2v) is 6.61. The van der Waals surface area contributed by atoms with Crippen LogP contribution in [0.1, 0.15) is 37.3 Å². The highest BCUT2D eigenvalue weighted by Gasteiger charge is 2.13. The van der Waals surface area contributed by atoms with Crippen molar-refractivity contribution in [2.75, 3.05) is 0 Å². The predicted octanol–water partition coefficient (Wildman–Crippen LogP) is 2.79. The molecule has 1 aliphatic rings. The van der Waals surface area contributed by atoms with Crippen molar-refractivity contribution in [1.82, 2.24) is 5.48 Å². The Morgan fingerprint density at radius 3 is 2.62 bits per heavy atom. The number of fused-ring (bicyclic) bond motifs is 1. The van der Waals surface area contributed by atoms with Gasteiger partial charge in [-0.25, -0.2) is 5.48 Å². The molecular weight excluding hydrogens is 324 g/mol. The maximum atomic E-state index is 11.0. The van der Waals surface area contributed by atoms with Crippen LogP contribution in [0.4, 0.5) is 0 Å². The molecule has 1 atom stereocenters. The molecule has 0 saturated carbocycles. The lowest BCUT2D eigenvalue weighted by atomic mass is 9.99. The molecule has 1 unspecified atom stereocenters. The van der Waals surface area contributed by atoms with Crippen molar-refractivity contribution >= 4 is 17.6 Å². The van der Waals surface area contributed by atoms with Crippen molar-refractivity contribution in [1.29, 1.82) is 0 Å². The third kappa shape index (κ3) is 4.46. The van der Waals surface area contributed by atoms with Crippen LogP contribution in [-0.4, -0.2) is 17.2 Å². The maximum absolute atomic E-state index is 11.0. The van der Waals surface area contributed by atoms with Gasteiger partial charge in [-0.15, -0.1) is 0 Å². The van der Waals surface area contributed by atoms with Crippen molar-refractivity contribution < 1.29 is 10.0 Å². The third-order valence-corrected chi connectivity index (χ3v) is 4.77. The van der Waals surface area contributed by atoms with E-state index in [1.807, 2.05) is 18.2 Å². The molecule has 134 valence electrons. The Labute approximate surface area is 153 Å². The van der Waals surface area contributed by atoms with Crippen LogP contribution < -0.4 is 16.1 Å². The molecule has 4 heteroatoms. The van der Waals surface area contributed by atoms with Gasteiger partial charge >= 0.3 is 0 Å². The summed E-state index contributed by atoms with van der Waals surface area (Å²) in [6, 6.07) is 16.9. The molecule has 0 spiro atoms. The molecule has 2 aromatic rings. The molecule has 26 heavy (non-hydrogen) atoms. The highest BCUT2D eigenvalue weighted by atomic mass is 16.5. The van der Waals surface area contributed by atoms with E-state index in [-0.39, 0.29) is 0 Å². The van der Waals surface area contributed by atoms with Crippen molar-refractivity contribution in [3.8, 4) is 0 Å². The van der Waals surface area contributed by atoms with Crippen LogP contribution in [0.3, 0.4) is 0 Å². The first kappa shape index (κ1) is 18.1. The van der Waals surface area contributed by atoms with E-state index < -0.39 is 5.91 Å². The number of carbonyl (C=O) groups excluding carboxylic acids is 1. The monoisotopic (exact) mass is 348 g/mol. The Balaban J connectivity index is 1.51. The van der Waals surface area contributed by atoms with Gasteiger partial charge in [0.2, 0.25) is 0 Å². The van der Waals surface area contributed by atoms with Gasteiger partial charge in [0.15, 0.2) is 0 Å². The molecule has 0 saturated heterocycles. The fourth-order valence-corrected chi connectivity index (χ4v) is 3.36. The molecule has 0 aliphatic carbocycles. The van der Waals surface area contributed by atoms with Crippen LogP contribution in [0.2, 0.25) is 0 Å². The van der Waals surface area contributed by atoms with Crippen molar-refractivity contribution in [2.45, 2.75) is 38.6 Å². The zero-order chi connectivity index (χ0) is 18.4.